The maximum atomic E-state index is 3.07. The molecule has 0 spiro atoms. The molecule has 0 aromatic rings. The van der Waals surface area contributed by atoms with E-state index in [1.165, 1.54) is 141 Å². The summed E-state index contributed by atoms with van der Waals surface area (Å²) in [7, 11) is 0. The summed E-state index contributed by atoms with van der Waals surface area (Å²) < 4.78 is 0. The minimum absolute atomic E-state index is 0.938. The zero-order chi connectivity index (χ0) is 40.1. The molecule has 0 saturated heterocycles. The summed E-state index contributed by atoms with van der Waals surface area (Å²) in [6, 6.07) is 0. The Labute approximate surface area is 373 Å². The van der Waals surface area contributed by atoms with Gasteiger partial charge in [-0.05, 0) is 249 Å². The van der Waals surface area contributed by atoms with Gasteiger partial charge in [0.1, 0.15) is 0 Å². The lowest BCUT2D eigenvalue weighted by Gasteiger charge is -2.51. The Morgan fingerprint density at radius 3 is 0.783 bits per heavy atom. The van der Waals surface area contributed by atoms with Crippen LogP contribution in [0.25, 0.3) is 0 Å². The molecule has 338 valence electrons. The second kappa shape index (κ2) is 21.2. The standard InChI is InChI=1S/C60H98/c1-5-17-45(18-6-1)59(46-19-7-2-8-20-46)41-51-37-39-55(57-27-15-13-25-53(51)57)49-33-29-43(30-34-49)44-31-35-50(36-32-44)56-40-38-52(54-26-14-16-28-58(54)56)42-60(47-21-9-3-10-22-47)48-23-11-4-12-24-48/h41-58H,1-40H2. The van der Waals surface area contributed by atoms with Crippen LogP contribution in [0.5, 0.6) is 0 Å². The van der Waals surface area contributed by atoms with Crippen LogP contribution in [0.3, 0.4) is 0 Å². The van der Waals surface area contributed by atoms with Crippen LogP contribution in [0, 0.1) is 94.7 Å². The number of allylic oxidation sites excluding steroid dienone is 4. The zero-order valence-corrected chi connectivity index (χ0v) is 39.7. The van der Waals surface area contributed by atoms with Crippen molar-refractivity contribution >= 4 is 0 Å². The minimum Gasteiger partial charge on any atom is -0.0814 e. The predicted molar refractivity (Wildman–Crippen MR) is 257 cm³/mol. The molecule has 0 aromatic carbocycles. The van der Waals surface area contributed by atoms with Crippen LogP contribution in [-0.4, -0.2) is 0 Å². The third-order valence-electron chi connectivity index (χ3n) is 22.2. The van der Waals surface area contributed by atoms with Crippen molar-refractivity contribution in [3.8, 4) is 0 Å². The van der Waals surface area contributed by atoms with Crippen LogP contribution < -0.4 is 0 Å². The number of fused-ring (bicyclic) bond motifs is 2. The molecular weight excluding hydrogens is 721 g/mol. The molecule has 8 atom stereocenters. The fourth-order valence-corrected chi connectivity index (χ4v) is 19.3. The maximum absolute atomic E-state index is 3.07. The Hall–Kier alpha value is -0.520. The van der Waals surface area contributed by atoms with Crippen molar-refractivity contribution in [3.63, 3.8) is 0 Å². The average molecular weight is 819 g/mol. The van der Waals surface area contributed by atoms with Crippen LogP contribution in [0.1, 0.15) is 257 Å². The highest BCUT2D eigenvalue weighted by atomic mass is 14.5. The Kier molecular flexibility index (Phi) is 15.3. The van der Waals surface area contributed by atoms with E-state index < -0.39 is 0 Å². The molecule has 10 rings (SSSR count). The van der Waals surface area contributed by atoms with Gasteiger partial charge >= 0.3 is 0 Å². The van der Waals surface area contributed by atoms with Crippen LogP contribution in [0.4, 0.5) is 0 Å². The first kappa shape index (κ1) is 43.4. The van der Waals surface area contributed by atoms with E-state index in [-0.39, 0.29) is 0 Å². The van der Waals surface area contributed by atoms with E-state index in [2.05, 4.69) is 12.2 Å². The van der Waals surface area contributed by atoms with Crippen molar-refractivity contribution in [1.29, 1.82) is 0 Å². The lowest BCUT2D eigenvalue weighted by Crippen LogP contribution is -2.42. The van der Waals surface area contributed by atoms with E-state index in [1.54, 1.807) is 116 Å². The summed E-state index contributed by atoms with van der Waals surface area (Å²) in [5, 5.41) is 0. The van der Waals surface area contributed by atoms with Gasteiger partial charge in [0.2, 0.25) is 0 Å². The van der Waals surface area contributed by atoms with Crippen molar-refractivity contribution < 1.29 is 0 Å². The minimum atomic E-state index is 0.938. The number of hydrogen-bond donors (Lipinski definition) is 0. The highest BCUT2D eigenvalue weighted by Gasteiger charge is 2.47. The molecule has 10 saturated carbocycles. The summed E-state index contributed by atoms with van der Waals surface area (Å²) in [4.78, 5) is 0. The smallest absolute Gasteiger partial charge is 0.0199 e. The molecule has 0 amide bonds. The van der Waals surface area contributed by atoms with Gasteiger partial charge in [0, 0.05) is 0 Å². The van der Waals surface area contributed by atoms with Crippen LogP contribution >= 0.6 is 0 Å². The molecule has 60 heavy (non-hydrogen) atoms. The summed E-state index contributed by atoms with van der Waals surface area (Å²) in [5.41, 5.74) is 4.07. The predicted octanol–water partition coefficient (Wildman–Crippen LogP) is 18.4. The highest BCUT2D eigenvalue weighted by molar-refractivity contribution is 5.18. The molecule has 0 aromatic heterocycles. The maximum Gasteiger partial charge on any atom is -0.0199 e. The molecule has 0 radical (unpaired) electrons. The van der Waals surface area contributed by atoms with E-state index >= 15 is 0 Å². The summed E-state index contributed by atoms with van der Waals surface area (Å²) >= 11 is 0. The summed E-state index contributed by atoms with van der Waals surface area (Å²) in [6.45, 7) is 0. The molecule has 0 nitrogen and oxygen atoms in total. The first-order valence-corrected chi connectivity index (χ1v) is 29.2. The van der Waals surface area contributed by atoms with Gasteiger partial charge < -0.3 is 0 Å². The van der Waals surface area contributed by atoms with Gasteiger partial charge in [-0.25, -0.2) is 0 Å². The molecule has 8 unspecified atom stereocenters. The lowest BCUT2D eigenvalue weighted by molar-refractivity contribution is 0.00311. The van der Waals surface area contributed by atoms with Gasteiger partial charge in [-0.1, -0.05) is 126 Å². The SMILES string of the molecule is C(=C(C1CCCCC1)C1CCCCC1)C1CCC(C2CCC(C3CCC(C4CCC(C=C(C5CCCCC5)C5CCCCC5)C5CCCCC54)CC3)CC2)C2CCCCC12. The van der Waals surface area contributed by atoms with Gasteiger partial charge in [-0.2, -0.15) is 0 Å². The second-order valence-electron chi connectivity index (χ2n) is 25.1. The van der Waals surface area contributed by atoms with Crippen molar-refractivity contribution in [2.45, 2.75) is 257 Å². The molecule has 0 bridgehead atoms. The fraction of sp³-hybridized carbons (Fsp3) is 0.933. The van der Waals surface area contributed by atoms with E-state index in [1.807, 2.05) is 11.1 Å². The van der Waals surface area contributed by atoms with Gasteiger partial charge in [-0.15, -0.1) is 0 Å². The monoisotopic (exact) mass is 819 g/mol. The Morgan fingerprint density at radius 1 is 0.200 bits per heavy atom. The molecule has 0 aliphatic heterocycles. The molecule has 0 N–H and O–H groups in total. The van der Waals surface area contributed by atoms with Crippen molar-refractivity contribution in [3.05, 3.63) is 23.3 Å². The number of hydrogen-bond acceptors (Lipinski definition) is 0. The zero-order valence-electron chi connectivity index (χ0n) is 39.7. The molecule has 10 fully saturated rings. The number of rotatable bonds is 9. The van der Waals surface area contributed by atoms with Gasteiger partial charge in [-0.3, -0.25) is 0 Å². The quantitative estimate of drug-likeness (QED) is 0.203. The Balaban J connectivity index is 0.732. The molecule has 10 aliphatic carbocycles. The van der Waals surface area contributed by atoms with E-state index in [0.29, 0.717) is 0 Å². The highest BCUT2D eigenvalue weighted by Crippen LogP contribution is 2.57. The van der Waals surface area contributed by atoms with Crippen LogP contribution in [0.15, 0.2) is 23.3 Å². The van der Waals surface area contributed by atoms with Gasteiger partial charge in [0.25, 0.3) is 0 Å². The second-order valence-corrected chi connectivity index (χ2v) is 25.1. The first-order valence-electron chi connectivity index (χ1n) is 29.2. The Morgan fingerprint density at radius 2 is 0.467 bits per heavy atom. The Bertz CT molecular complexity index is 1200. The lowest BCUT2D eigenvalue weighted by atomic mass is 9.54. The van der Waals surface area contributed by atoms with E-state index in [0.717, 1.165) is 94.7 Å². The van der Waals surface area contributed by atoms with Crippen LogP contribution in [-0.2, 0) is 0 Å². The molecular formula is C60H98. The average Bonchev–Trinajstić information content (AvgIpc) is 3.33. The van der Waals surface area contributed by atoms with Gasteiger partial charge in [0.05, 0.1) is 0 Å². The molecule has 10 aliphatic rings. The normalized spacial score (nSPS) is 42.1. The fourth-order valence-electron chi connectivity index (χ4n) is 19.3. The van der Waals surface area contributed by atoms with E-state index in [9.17, 15) is 0 Å². The largest absolute Gasteiger partial charge is 0.0814 e. The van der Waals surface area contributed by atoms with Crippen LogP contribution in [0.2, 0.25) is 0 Å². The van der Waals surface area contributed by atoms with Crippen molar-refractivity contribution in [1.82, 2.24) is 0 Å². The summed E-state index contributed by atoms with van der Waals surface area (Å²) in [6.07, 6.45) is 68.2. The molecule has 0 heteroatoms. The van der Waals surface area contributed by atoms with Crippen molar-refractivity contribution in [2.75, 3.05) is 0 Å². The molecule has 0 heterocycles. The third-order valence-corrected chi connectivity index (χ3v) is 22.2. The summed E-state index contributed by atoms with van der Waals surface area (Å²) in [5.74, 6) is 16.4. The van der Waals surface area contributed by atoms with Gasteiger partial charge in [0.15, 0.2) is 0 Å². The topological polar surface area (TPSA) is 0 Å². The third kappa shape index (κ3) is 9.99. The van der Waals surface area contributed by atoms with E-state index in [4.69, 9.17) is 0 Å². The first-order chi connectivity index (χ1) is 29.8. The van der Waals surface area contributed by atoms with Crippen molar-refractivity contribution in [2.24, 2.45) is 94.7 Å².